The SMILES string of the molecule is CC(C)CCC(C)Nc1nccc2ccc(O)cc12. The van der Waals surface area contributed by atoms with Gasteiger partial charge in [-0.1, -0.05) is 19.9 Å². The van der Waals surface area contributed by atoms with E-state index < -0.39 is 0 Å². The highest BCUT2D eigenvalue weighted by Crippen LogP contribution is 2.26. The van der Waals surface area contributed by atoms with Gasteiger partial charge >= 0.3 is 0 Å². The number of aromatic hydroxyl groups is 1. The number of phenolic OH excluding ortho intramolecular Hbond substituents is 1. The van der Waals surface area contributed by atoms with Gasteiger partial charge in [-0.15, -0.1) is 0 Å². The highest BCUT2D eigenvalue weighted by Gasteiger charge is 2.08. The predicted molar refractivity (Wildman–Crippen MR) is 80.6 cm³/mol. The summed E-state index contributed by atoms with van der Waals surface area (Å²) in [6, 6.07) is 7.71. The first-order chi connectivity index (χ1) is 9.06. The third kappa shape index (κ3) is 3.60. The summed E-state index contributed by atoms with van der Waals surface area (Å²) in [5.74, 6) is 1.84. The van der Waals surface area contributed by atoms with Crippen LogP contribution in [0.5, 0.6) is 5.75 Å². The number of pyridine rings is 1. The first-order valence-electron chi connectivity index (χ1n) is 6.90. The van der Waals surface area contributed by atoms with E-state index in [4.69, 9.17) is 0 Å². The first kappa shape index (κ1) is 13.7. The second kappa shape index (κ2) is 5.91. The Bertz CT molecular complexity index is 551. The molecular formula is C16H22N2O. The zero-order valence-electron chi connectivity index (χ0n) is 11.9. The molecule has 0 saturated carbocycles. The number of nitrogens with zero attached hydrogens (tertiary/aromatic N) is 1. The molecule has 0 amide bonds. The predicted octanol–water partition coefficient (Wildman–Crippen LogP) is 4.18. The molecule has 2 rings (SSSR count). The lowest BCUT2D eigenvalue weighted by Crippen LogP contribution is -2.16. The molecule has 2 N–H and O–H groups in total. The van der Waals surface area contributed by atoms with Crippen LogP contribution in [0.25, 0.3) is 10.8 Å². The second-order valence-electron chi connectivity index (χ2n) is 5.58. The van der Waals surface area contributed by atoms with Crippen LogP contribution in [0.2, 0.25) is 0 Å². The minimum Gasteiger partial charge on any atom is -0.508 e. The fourth-order valence-electron chi connectivity index (χ4n) is 2.16. The van der Waals surface area contributed by atoms with Crippen molar-refractivity contribution >= 4 is 16.6 Å². The van der Waals surface area contributed by atoms with Gasteiger partial charge < -0.3 is 10.4 Å². The van der Waals surface area contributed by atoms with E-state index in [0.29, 0.717) is 12.0 Å². The van der Waals surface area contributed by atoms with E-state index in [-0.39, 0.29) is 5.75 Å². The quantitative estimate of drug-likeness (QED) is 0.845. The van der Waals surface area contributed by atoms with Crippen molar-refractivity contribution in [3.8, 4) is 5.75 Å². The molecule has 0 fully saturated rings. The van der Waals surface area contributed by atoms with Gasteiger partial charge in [0.15, 0.2) is 0 Å². The summed E-state index contributed by atoms with van der Waals surface area (Å²) in [4.78, 5) is 4.39. The number of anilines is 1. The summed E-state index contributed by atoms with van der Waals surface area (Å²) < 4.78 is 0. The zero-order valence-corrected chi connectivity index (χ0v) is 11.9. The summed E-state index contributed by atoms with van der Waals surface area (Å²) in [5, 5.41) is 15.1. The van der Waals surface area contributed by atoms with Gasteiger partial charge in [0.25, 0.3) is 0 Å². The number of phenols is 1. The average molecular weight is 258 g/mol. The molecule has 0 spiro atoms. The van der Waals surface area contributed by atoms with Crippen molar-refractivity contribution in [1.29, 1.82) is 0 Å². The smallest absolute Gasteiger partial charge is 0.134 e. The van der Waals surface area contributed by atoms with Crippen molar-refractivity contribution in [2.24, 2.45) is 5.92 Å². The van der Waals surface area contributed by atoms with Gasteiger partial charge in [0.1, 0.15) is 11.6 Å². The summed E-state index contributed by atoms with van der Waals surface area (Å²) in [6.07, 6.45) is 4.12. The van der Waals surface area contributed by atoms with Crippen molar-refractivity contribution in [1.82, 2.24) is 4.98 Å². The van der Waals surface area contributed by atoms with Crippen LogP contribution in [0.1, 0.15) is 33.6 Å². The van der Waals surface area contributed by atoms with Gasteiger partial charge in [0.05, 0.1) is 0 Å². The normalized spacial score (nSPS) is 12.8. The Morgan fingerprint density at radius 3 is 2.68 bits per heavy atom. The minimum absolute atomic E-state index is 0.276. The van der Waals surface area contributed by atoms with Crippen molar-refractivity contribution in [3.05, 3.63) is 30.5 Å². The average Bonchev–Trinajstić information content (AvgIpc) is 2.37. The molecule has 1 heterocycles. The van der Waals surface area contributed by atoms with E-state index in [1.807, 2.05) is 12.1 Å². The van der Waals surface area contributed by atoms with E-state index in [9.17, 15) is 5.11 Å². The Kier molecular flexibility index (Phi) is 4.25. The third-order valence-electron chi connectivity index (χ3n) is 3.31. The molecule has 102 valence electrons. The molecule has 0 aliphatic carbocycles. The number of nitrogens with one attached hydrogen (secondary N) is 1. The van der Waals surface area contributed by atoms with Gasteiger partial charge in [0, 0.05) is 17.6 Å². The van der Waals surface area contributed by atoms with Gasteiger partial charge in [0.2, 0.25) is 0 Å². The minimum atomic E-state index is 0.276. The molecule has 1 aromatic heterocycles. The third-order valence-corrected chi connectivity index (χ3v) is 3.31. The molecule has 0 radical (unpaired) electrons. The molecule has 2 aromatic rings. The lowest BCUT2D eigenvalue weighted by molar-refractivity contribution is 0.476. The molecule has 1 atom stereocenters. The first-order valence-corrected chi connectivity index (χ1v) is 6.90. The molecule has 0 saturated heterocycles. The van der Waals surface area contributed by atoms with E-state index in [2.05, 4.69) is 31.1 Å². The van der Waals surface area contributed by atoms with Crippen LogP contribution < -0.4 is 5.32 Å². The Morgan fingerprint density at radius 2 is 1.95 bits per heavy atom. The number of benzene rings is 1. The molecule has 0 bridgehead atoms. The monoisotopic (exact) mass is 258 g/mol. The molecule has 3 nitrogen and oxygen atoms in total. The Hall–Kier alpha value is -1.77. The summed E-state index contributed by atoms with van der Waals surface area (Å²) in [5.41, 5.74) is 0. The van der Waals surface area contributed by atoms with Crippen molar-refractivity contribution < 1.29 is 5.11 Å². The topological polar surface area (TPSA) is 45.2 Å². The fourth-order valence-corrected chi connectivity index (χ4v) is 2.16. The summed E-state index contributed by atoms with van der Waals surface area (Å²) in [6.45, 7) is 6.65. The van der Waals surface area contributed by atoms with Crippen LogP contribution in [0.3, 0.4) is 0 Å². The van der Waals surface area contributed by atoms with Gasteiger partial charge in [-0.3, -0.25) is 0 Å². The highest BCUT2D eigenvalue weighted by atomic mass is 16.3. The van der Waals surface area contributed by atoms with Crippen LogP contribution in [-0.2, 0) is 0 Å². The maximum atomic E-state index is 9.61. The summed E-state index contributed by atoms with van der Waals surface area (Å²) >= 11 is 0. The van der Waals surface area contributed by atoms with E-state index in [1.165, 1.54) is 6.42 Å². The molecule has 0 aliphatic rings. The highest BCUT2D eigenvalue weighted by molar-refractivity contribution is 5.92. The molecule has 19 heavy (non-hydrogen) atoms. The van der Waals surface area contributed by atoms with Gasteiger partial charge in [-0.25, -0.2) is 4.98 Å². The van der Waals surface area contributed by atoms with Crippen LogP contribution in [0.4, 0.5) is 5.82 Å². The van der Waals surface area contributed by atoms with E-state index >= 15 is 0 Å². The number of rotatable bonds is 5. The zero-order chi connectivity index (χ0) is 13.8. The van der Waals surface area contributed by atoms with Crippen LogP contribution in [0, 0.1) is 5.92 Å². The number of fused-ring (bicyclic) bond motifs is 1. The van der Waals surface area contributed by atoms with E-state index in [0.717, 1.165) is 23.0 Å². The maximum Gasteiger partial charge on any atom is 0.134 e. The second-order valence-corrected chi connectivity index (χ2v) is 5.58. The lowest BCUT2D eigenvalue weighted by atomic mass is 10.0. The fraction of sp³-hybridized carbons (Fsp3) is 0.438. The van der Waals surface area contributed by atoms with Crippen molar-refractivity contribution in [2.75, 3.05) is 5.32 Å². The number of hydrogen-bond acceptors (Lipinski definition) is 3. The number of aromatic nitrogens is 1. The van der Waals surface area contributed by atoms with Crippen molar-refractivity contribution in [3.63, 3.8) is 0 Å². The largest absolute Gasteiger partial charge is 0.508 e. The molecule has 1 unspecified atom stereocenters. The van der Waals surface area contributed by atoms with Crippen LogP contribution in [0.15, 0.2) is 30.5 Å². The molecule has 0 aliphatic heterocycles. The summed E-state index contributed by atoms with van der Waals surface area (Å²) in [7, 11) is 0. The Morgan fingerprint density at radius 1 is 1.16 bits per heavy atom. The molecule has 3 heteroatoms. The standard InChI is InChI=1S/C16H22N2O/c1-11(2)4-5-12(3)18-16-15-10-14(19)7-6-13(15)8-9-17-16/h6-12,19H,4-5H2,1-3H3,(H,17,18). The molecular weight excluding hydrogens is 236 g/mol. The van der Waals surface area contributed by atoms with Crippen molar-refractivity contribution in [2.45, 2.75) is 39.7 Å². The lowest BCUT2D eigenvalue weighted by Gasteiger charge is -2.17. The Balaban J connectivity index is 2.18. The van der Waals surface area contributed by atoms with Gasteiger partial charge in [-0.05, 0) is 49.3 Å². The number of hydrogen-bond donors (Lipinski definition) is 2. The van der Waals surface area contributed by atoms with Gasteiger partial charge in [-0.2, -0.15) is 0 Å². The maximum absolute atomic E-state index is 9.61. The van der Waals surface area contributed by atoms with Crippen LogP contribution >= 0.6 is 0 Å². The molecule has 1 aromatic carbocycles. The van der Waals surface area contributed by atoms with Crippen LogP contribution in [-0.4, -0.2) is 16.1 Å². The Labute approximate surface area is 114 Å². The van der Waals surface area contributed by atoms with E-state index in [1.54, 1.807) is 18.3 Å².